The Bertz CT molecular complexity index is 4110. The van der Waals surface area contributed by atoms with Crippen LogP contribution in [0.3, 0.4) is 0 Å². The van der Waals surface area contributed by atoms with E-state index in [2.05, 4.69) is 62.1 Å². The van der Waals surface area contributed by atoms with Crippen LogP contribution in [-0.4, -0.2) is 220 Å². The molecule has 28 nitrogen and oxygen atoms in total. The van der Waals surface area contributed by atoms with Crippen molar-refractivity contribution in [1.82, 2.24) is 62.1 Å². The van der Waals surface area contributed by atoms with Gasteiger partial charge in [0.2, 0.25) is 0 Å². The molecule has 8 aromatic rings. The number of benzene rings is 8. The van der Waals surface area contributed by atoms with Crippen LogP contribution in [0.15, 0.2) is 170 Å². The SMILES string of the molecule is Cc1ccc(CNC(=O)NC(CN2CCCC2)C(O)c2ccc3c(c2)OCCO3)cc1.Cc1ccc(CNC(=O)NC(CN2CCCC2)C(O)c2ccc3c(c2)OCCO3)cc1.Cc1ccc(CNC(=O)NC(CN2CCCC2)C(O)c2ccc3c(c2)OCCO3)cc1.Cc1ccc(CNC(=O)NC(CN2CCCC2)C(O)c2ccc3c(c2)OCCO3)cc1. The first-order chi connectivity index (χ1) is 60.3. The number of ether oxygens (including phenoxy) is 8. The van der Waals surface area contributed by atoms with Crippen LogP contribution in [0, 0.1) is 27.7 Å². The lowest BCUT2D eigenvalue weighted by atomic mass is 10.0. The summed E-state index contributed by atoms with van der Waals surface area (Å²) >= 11 is 0. The van der Waals surface area contributed by atoms with Gasteiger partial charge < -0.3 is 120 Å². The average molecular weight is 1700 g/mol. The molecule has 28 heteroatoms. The number of amides is 8. The first-order valence-electron chi connectivity index (χ1n) is 43.9. The largest absolute Gasteiger partial charge is 0.486 e. The number of urea groups is 4. The van der Waals surface area contributed by atoms with E-state index in [1.807, 2.05) is 198 Å². The molecule has 8 aromatic carbocycles. The second kappa shape index (κ2) is 46.1. The standard InChI is InChI=1S/4C24H31N3O4/c4*1-17-4-6-18(7-5-17)15-25-24(29)26-20(16-27-10-2-3-11-27)23(28)19-8-9-21-22(14-19)31-13-12-30-21/h4*4-9,14,20,23,28H,2-3,10-13,15-16H2,1H3,(H2,25,26,29). The number of hydrogen-bond acceptors (Lipinski definition) is 20. The van der Waals surface area contributed by atoms with Crippen LogP contribution >= 0.6 is 0 Å². The lowest BCUT2D eigenvalue weighted by Gasteiger charge is -2.29. The Morgan fingerprint density at radius 3 is 0.629 bits per heavy atom. The fraction of sp³-hybridized carbons (Fsp3) is 0.458. The molecule has 8 heterocycles. The Kier molecular flexibility index (Phi) is 33.7. The molecule has 0 aliphatic carbocycles. The van der Waals surface area contributed by atoms with Gasteiger partial charge in [-0.05, 0) is 224 Å². The molecular formula is C96H124N12O16. The summed E-state index contributed by atoms with van der Waals surface area (Å²) in [5.41, 5.74) is 11.7. The summed E-state index contributed by atoms with van der Waals surface area (Å²) in [4.78, 5) is 59.7. The van der Waals surface area contributed by atoms with E-state index in [9.17, 15) is 39.6 Å². The molecular weight excluding hydrogens is 1580 g/mol. The van der Waals surface area contributed by atoms with Crippen molar-refractivity contribution in [1.29, 1.82) is 0 Å². The Morgan fingerprint density at radius 2 is 0.444 bits per heavy atom. The highest BCUT2D eigenvalue weighted by Gasteiger charge is 2.34. The van der Waals surface area contributed by atoms with Crippen molar-refractivity contribution >= 4 is 24.1 Å². The number of likely N-dealkylation sites (tertiary alicyclic amines) is 4. The van der Waals surface area contributed by atoms with Gasteiger partial charge in [0, 0.05) is 52.4 Å². The normalized spacial score (nSPS) is 17.7. The third kappa shape index (κ3) is 27.5. The van der Waals surface area contributed by atoms with Crippen molar-refractivity contribution < 1.29 is 77.5 Å². The predicted molar refractivity (Wildman–Crippen MR) is 474 cm³/mol. The van der Waals surface area contributed by atoms with Crippen LogP contribution in [0.5, 0.6) is 46.0 Å². The highest BCUT2D eigenvalue weighted by Crippen LogP contribution is 2.38. The topological polar surface area (TPSA) is 332 Å². The predicted octanol–water partition coefficient (Wildman–Crippen LogP) is 11.1. The first-order valence-corrected chi connectivity index (χ1v) is 43.9. The van der Waals surface area contributed by atoms with Gasteiger partial charge in [-0.25, -0.2) is 19.2 Å². The maximum absolute atomic E-state index is 12.6. The van der Waals surface area contributed by atoms with Crippen molar-refractivity contribution in [3.05, 3.63) is 237 Å². The van der Waals surface area contributed by atoms with Gasteiger partial charge in [0.1, 0.15) is 77.3 Å². The number of fused-ring (bicyclic) bond motifs is 4. The number of aryl methyl sites for hydroxylation is 4. The molecule has 664 valence electrons. The van der Waals surface area contributed by atoms with E-state index in [-0.39, 0.29) is 24.1 Å². The Labute approximate surface area is 727 Å². The minimum atomic E-state index is -0.860. The van der Waals surface area contributed by atoms with Crippen LogP contribution in [-0.2, 0) is 26.2 Å². The van der Waals surface area contributed by atoms with Crippen molar-refractivity contribution in [2.45, 2.75) is 154 Å². The molecule has 16 rings (SSSR count). The average Bonchev–Trinajstić information content (AvgIpc) is 0.917. The van der Waals surface area contributed by atoms with E-state index in [4.69, 9.17) is 37.9 Å². The maximum atomic E-state index is 12.6. The lowest BCUT2D eigenvalue weighted by Crippen LogP contribution is -2.49. The van der Waals surface area contributed by atoms with Crippen molar-refractivity contribution in [2.24, 2.45) is 0 Å². The van der Waals surface area contributed by atoms with E-state index in [0.717, 1.165) is 126 Å². The summed E-state index contributed by atoms with van der Waals surface area (Å²) in [6.45, 7) is 24.1. The van der Waals surface area contributed by atoms with Crippen LogP contribution in [0.4, 0.5) is 19.2 Å². The maximum Gasteiger partial charge on any atom is 0.315 e. The van der Waals surface area contributed by atoms with Crippen LogP contribution < -0.4 is 80.4 Å². The zero-order chi connectivity index (χ0) is 86.5. The summed E-state index contributed by atoms with van der Waals surface area (Å²) in [6.07, 6.45) is 5.72. The van der Waals surface area contributed by atoms with Crippen molar-refractivity contribution in [2.75, 3.05) is 131 Å². The summed E-state index contributed by atoms with van der Waals surface area (Å²) in [5.74, 6) is 5.25. The smallest absolute Gasteiger partial charge is 0.315 e. The molecule has 8 amide bonds. The molecule has 8 aliphatic heterocycles. The molecule has 124 heavy (non-hydrogen) atoms. The minimum absolute atomic E-state index is 0.290. The monoisotopic (exact) mass is 1700 g/mol. The molecule has 8 unspecified atom stereocenters. The quantitative estimate of drug-likeness (QED) is 0.0217. The van der Waals surface area contributed by atoms with Crippen molar-refractivity contribution in [3.63, 3.8) is 0 Å². The van der Waals surface area contributed by atoms with E-state index >= 15 is 0 Å². The zero-order valence-electron chi connectivity index (χ0n) is 71.9. The van der Waals surface area contributed by atoms with Gasteiger partial charge in [0.05, 0.1) is 24.2 Å². The molecule has 0 bridgehead atoms. The summed E-state index contributed by atoms with van der Waals surface area (Å²) in [6, 6.07) is 51.1. The molecule has 0 saturated carbocycles. The number of nitrogens with zero attached hydrogens (tertiary/aromatic N) is 4. The summed E-state index contributed by atoms with van der Waals surface area (Å²) in [5, 5.41) is 68.1. The van der Waals surface area contributed by atoms with Crippen LogP contribution in [0.1, 0.15) is 143 Å². The molecule has 0 spiro atoms. The van der Waals surface area contributed by atoms with Crippen LogP contribution in [0.25, 0.3) is 0 Å². The van der Waals surface area contributed by atoms with Crippen LogP contribution in [0.2, 0.25) is 0 Å². The number of rotatable bonds is 28. The number of carbonyl (C=O) groups is 4. The van der Waals surface area contributed by atoms with Crippen molar-refractivity contribution in [3.8, 4) is 46.0 Å². The molecule has 4 fully saturated rings. The number of aliphatic hydroxyl groups is 4. The molecule has 8 aliphatic rings. The highest BCUT2D eigenvalue weighted by atomic mass is 16.6. The van der Waals surface area contributed by atoms with E-state index in [0.29, 0.717) is 173 Å². The van der Waals surface area contributed by atoms with E-state index in [1.54, 1.807) is 0 Å². The minimum Gasteiger partial charge on any atom is -0.486 e. The Balaban J connectivity index is 0.000000142. The van der Waals surface area contributed by atoms with Gasteiger partial charge in [-0.15, -0.1) is 0 Å². The summed E-state index contributed by atoms with van der Waals surface area (Å²) < 4.78 is 44.9. The number of nitrogens with one attached hydrogen (secondary N) is 8. The zero-order valence-corrected chi connectivity index (χ0v) is 71.9. The van der Waals surface area contributed by atoms with E-state index < -0.39 is 48.6 Å². The third-order valence-electron chi connectivity index (χ3n) is 23.3. The number of aliphatic hydroxyl groups excluding tert-OH is 4. The molecule has 12 N–H and O–H groups in total. The highest BCUT2D eigenvalue weighted by molar-refractivity contribution is 5.76. The Hall–Kier alpha value is -11.1. The van der Waals surface area contributed by atoms with Gasteiger partial charge in [-0.1, -0.05) is 144 Å². The number of carbonyl (C=O) groups excluding carboxylic acids is 4. The molecule has 0 aromatic heterocycles. The molecule has 4 saturated heterocycles. The summed E-state index contributed by atoms with van der Waals surface area (Å²) in [7, 11) is 0. The first kappa shape index (κ1) is 90.6. The van der Waals surface area contributed by atoms with Gasteiger partial charge in [-0.2, -0.15) is 0 Å². The number of hydrogen-bond donors (Lipinski definition) is 12. The fourth-order valence-electron chi connectivity index (χ4n) is 16.2. The molecule has 0 radical (unpaired) electrons. The second-order valence-corrected chi connectivity index (χ2v) is 33.1. The van der Waals surface area contributed by atoms with Gasteiger partial charge in [-0.3, -0.25) is 0 Å². The molecule has 8 atom stereocenters. The second-order valence-electron chi connectivity index (χ2n) is 33.1. The third-order valence-corrected chi connectivity index (χ3v) is 23.3. The Morgan fingerprint density at radius 1 is 0.266 bits per heavy atom. The lowest BCUT2D eigenvalue weighted by molar-refractivity contribution is 0.108. The fourth-order valence-corrected chi connectivity index (χ4v) is 16.2. The van der Waals surface area contributed by atoms with Gasteiger partial charge in [0.15, 0.2) is 46.0 Å². The van der Waals surface area contributed by atoms with E-state index in [1.165, 1.54) is 22.3 Å². The van der Waals surface area contributed by atoms with Gasteiger partial charge >= 0.3 is 24.1 Å². The van der Waals surface area contributed by atoms with Gasteiger partial charge in [0.25, 0.3) is 0 Å².